The van der Waals surface area contributed by atoms with E-state index >= 15 is 0 Å². The van der Waals surface area contributed by atoms with Crippen LogP contribution in [0.25, 0.3) is 0 Å². The third-order valence-electron chi connectivity index (χ3n) is 6.82. The number of nitrogens with one attached hydrogen (secondary N) is 1. The third kappa shape index (κ3) is 8.32. The lowest BCUT2D eigenvalue weighted by Crippen LogP contribution is -2.62. The van der Waals surface area contributed by atoms with Gasteiger partial charge in [0.2, 0.25) is 5.91 Å². The van der Waals surface area contributed by atoms with Crippen molar-refractivity contribution in [2.45, 2.75) is 38.7 Å². The maximum atomic E-state index is 13.2. The molecule has 2 aliphatic heterocycles. The molecule has 45 heavy (non-hydrogen) atoms. The molecule has 0 saturated carbocycles. The van der Waals surface area contributed by atoms with Crippen molar-refractivity contribution in [1.82, 2.24) is 10.2 Å². The average molecular weight is 667 g/mol. The number of esters is 1. The fourth-order valence-electron chi connectivity index (χ4n) is 4.76. The number of β-lactam (4-membered cyclic amide) rings is 1. The maximum Gasteiger partial charge on any atom is 0.407 e. The Labute approximate surface area is 259 Å². The van der Waals surface area contributed by atoms with Gasteiger partial charge in [0, 0.05) is 47.9 Å². The minimum atomic E-state index is -4.84. The van der Waals surface area contributed by atoms with Gasteiger partial charge in [-0.3, -0.25) is 29.6 Å². The van der Waals surface area contributed by atoms with Crippen molar-refractivity contribution in [1.29, 1.82) is 0 Å². The quantitative estimate of drug-likeness (QED) is 0.0737. The number of hydrogen-bond acceptors (Lipinski definition) is 13. The van der Waals surface area contributed by atoms with Gasteiger partial charge >= 0.3 is 22.5 Å². The summed E-state index contributed by atoms with van der Waals surface area (Å²) in [6, 6.07) is 10.1. The van der Waals surface area contributed by atoms with Crippen LogP contribution in [0.1, 0.15) is 24.5 Å². The van der Waals surface area contributed by atoms with Crippen LogP contribution in [-0.2, 0) is 46.9 Å². The number of fused-ring (bicyclic) bond motifs is 1. The molecule has 17 nitrogen and oxygen atoms in total. The summed E-state index contributed by atoms with van der Waals surface area (Å²) in [5, 5.41) is 24.2. The Kier molecular flexibility index (Phi) is 10.4. The Balaban J connectivity index is 1.37. The van der Waals surface area contributed by atoms with Gasteiger partial charge in [-0.25, -0.2) is 13.8 Å². The van der Waals surface area contributed by atoms with Gasteiger partial charge in [-0.1, -0.05) is 0 Å². The largest absolute Gasteiger partial charge is 0.456 e. The molecule has 0 bridgehead atoms. The summed E-state index contributed by atoms with van der Waals surface area (Å²) in [5.41, 5.74) is 0.682. The number of nitro groups is 2. The number of thioether (sulfide) groups is 1. The van der Waals surface area contributed by atoms with Crippen LogP contribution >= 0.6 is 11.8 Å². The number of rotatable bonds is 14. The lowest BCUT2D eigenvalue weighted by atomic mass is 9.83. The summed E-state index contributed by atoms with van der Waals surface area (Å²) < 4.78 is 46.5. The predicted octanol–water partition coefficient (Wildman–Crippen LogP) is 2.86. The van der Waals surface area contributed by atoms with E-state index in [1.54, 1.807) is 0 Å². The first-order chi connectivity index (χ1) is 21.2. The zero-order valence-corrected chi connectivity index (χ0v) is 25.0. The molecule has 0 aliphatic carbocycles. The number of ether oxygens (including phenoxy) is 2. The summed E-state index contributed by atoms with van der Waals surface area (Å²) in [4.78, 5) is 60.4. The molecule has 0 radical (unpaired) electrons. The van der Waals surface area contributed by atoms with Crippen molar-refractivity contribution in [3.63, 3.8) is 0 Å². The predicted molar refractivity (Wildman–Crippen MR) is 154 cm³/mol. The summed E-state index contributed by atoms with van der Waals surface area (Å²) in [6.07, 6.45) is -1.83. The van der Waals surface area contributed by atoms with Crippen LogP contribution in [0, 0.1) is 26.1 Å². The molecule has 0 aromatic heterocycles. The van der Waals surface area contributed by atoms with Crippen molar-refractivity contribution in [3.8, 4) is 0 Å². The van der Waals surface area contributed by atoms with E-state index in [4.69, 9.17) is 14.0 Å². The molecule has 2 amide bonds. The van der Waals surface area contributed by atoms with Crippen molar-refractivity contribution < 1.29 is 50.9 Å². The SMILES string of the molecule is C[C@@H](OS(=O)(=O)O)[C@H]1C(=O)N2C(C(=O)OCc3ccc([N+](=O)[O-])cc3)=C(SCCNC(=O)OCc3ccc([N+](=O)[O-])cc3)C[C@H]12. The number of benzene rings is 2. The molecule has 4 rings (SSSR count). The zero-order chi connectivity index (χ0) is 32.9. The Morgan fingerprint density at radius 1 is 1.02 bits per heavy atom. The topological polar surface area (TPSA) is 235 Å². The number of nitro benzene ring substituents is 2. The van der Waals surface area contributed by atoms with Crippen LogP contribution in [0.2, 0.25) is 0 Å². The van der Waals surface area contributed by atoms with Gasteiger partial charge in [0.15, 0.2) is 0 Å². The van der Waals surface area contributed by atoms with E-state index in [2.05, 4.69) is 9.50 Å². The maximum absolute atomic E-state index is 13.2. The monoisotopic (exact) mass is 666 g/mol. The highest BCUT2D eigenvalue weighted by molar-refractivity contribution is 8.03. The minimum absolute atomic E-state index is 0.0621. The summed E-state index contributed by atoms with van der Waals surface area (Å²) in [5.74, 6) is -2.21. The van der Waals surface area contributed by atoms with E-state index in [1.807, 2.05) is 0 Å². The molecule has 1 saturated heterocycles. The Bertz CT molecular complexity index is 1630. The highest BCUT2D eigenvalue weighted by Crippen LogP contribution is 2.48. The molecular weight excluding hydrogens is 640 g/mol. The van der Waals surface area contributed by atoms with Crippen LogP contribution in [0.5, 0.6) is 0 Å². The Morgan fingerprint density at radius 2 is 1.56 bits per heavy atom. The molecular formula is C26H26N4O13S2. The first kappa shape index (κ1) is 33.3. The number of nitrogens with zero attached hydrogens (tertiary/aromatic N) is 3. The molecule has 0 unspecified atom stereocenters. The number of carbonyl (C=O) groups excluding carboxylic acids is 3. The van der Waals surface area contributed by atoms with Crippen molar-refractivity contribution in [2.24, 2.45) is 5.92 Å². The molecule has 2 aromatic rings. The summed E-state index contributed by atoms with van der Waals surface area (Å²) >= 11 is 1.15. The van der Waals surface area contributed by atoms with E-state index in [0.717, 1.165) is 11.8 Å². The highest BCUT2D eigenvalue weighted by Gasteiger charge is 2.58. The molecule has 2 N–H and O–H groups in total. The molecule has 240 valence electrons. The number of hydrogen-bond donors (Lipinski definition) is 2. The molecule has 3 atom stereocenters. The lowest BCUT2D eigenvalue weighted by Gasteiger charge is -2.45. The van der Waals surface area contributed by atoms with Gasteiger partial charge in [0.05, 0.1) is 27.9 Å². The summed E-state index contributed by atoms with van der Waals surface area (Å²) in [7, 11) is -4.84. The van der Waals surface area contributed by atoms with Gasteiger partial charge in [-0.15, -0.1) is 11.8 Å². The van der Waals surface area contributed by atoms with Crippen LogP contribution in [0.3, 0.4) is 0 Å². The normalized spacial score (nSPS) is 18.1. The Hall–Kier alpha value is -4.59. The molecule has 0 spiro atoms. The fraction of sp³-hybridized carbons (Fsp3) is 0.346. The molecule has 2 heterocycles. The third-order valence-corrected chi connectivity index (χ3v) is 8.49. The van der Waals surface area contributed by atoms with E-state index in [1.165, 1.54) is 60.4 Å². The van der Waals surface area contributed by atoms with Crippen molar-refractivity contribution >= 4 is 51.5 Å². The van der Waals surface area contributed by atoms with Crippen molar-refractivity contribution in [2.75, 3.05) is 12.3 Å². The number of non-ortho nitro benzene ring substituents is 2. The fourth-order valence-corrected chi connectivity index (χ4v) is 6.32. The van der Waals surface area contributed by atoms with Gasteiger partial charge in [0.25, 0.3) is 11.4 Å². The van der Waals surface area contributed by atoms with Crippen LogP contribution < -0.4 is 5.32 Å². The van der Waals surface area contributed by atoms with Crippen LogP contribution in [0.15, 0.2) is 59.1 Å². The van der Waals surface area contributed by atoms with E-state index in [9.17, 15) is 43.0 Å². The van der Waals surface area contributed by atoms with E-state index in [0.29, 0.717) is 16.0 Å². The smallest absolute Gasteiger partial charge is 0.407 e. The van der Waals surface area contributed by atoms with Gasteiger partial charge in [-0.05, 0) is 42.3 Å². The van der Waals surface area contributed by atoms with E-state index in [-0.39, 0.29) is 49.0 Å². The van der Waals surface area contributed by atoms with Crippen molar-refractivity contribution in [3.05, 3.63) is 90.5 Å². The number of alkyl carbamates (subject to hydrolysis) is 1. The first-order valence-electron chi connectivity index (χ1n) is 13.1. The minimum Gasteiger partial charge on any atom is -0.456 e. The van der Waals surface area contributed by atoms with Gasteiger partial charge in [0.1, 0.15) is 18.9 Å². The van der Waals surface area contributed by atoms with Gasteiger partial charge in [-0.2, -0.15) is 8.42 Å². The number of carbonyl (C=O) groups is 3. The Morgan fingerprint density at radius 3 is 2.07 bits per heavy atom. The average Bonchev–Trinajstić information content (AvgIpc) is 3.30. The van der Waals surface area contributed by atoms with E-state index < -0.39 is 56.3 Å². The standard InChI is InChI=1S/C26H26N4O13S2/c1-15(43-45(38,39)40)22-20-12-21(44-11-10-27-26(33)42-14-17-4-8-19(9-5-17)30(36)37)23(28(20)24(22)31)25(32)41-13-16-2-6-18(7-3-16)29(34)35/h2-9,15,20,22H,10-14H2,1H3,(H,27,33)(H,38,39,40)/t15-,20-,22-/m1/s1. The van der Waals surface area contributed by atoms with Gasteiger partial charge < -0.3 is 19.7 Å². The second-order valence-corrected chi connectivity index (χ2v) is 12.0. The second-order valence-electron chi connectivity index (χ2n) is 9.78. The molecule has 19 heteroatoms. The second kappa shape index (κ2) is 14.0. The molecule has 2 aliphatic rings. The molecule has 1 fully saturated rings. The first-order valence-corrected chi connectivity index (χ1v) is 15.5. The van der Waals surface area contributed by atoms with Crippen LogP contribution in [0.4, 0.5) is 16.2 Å². The number of amides is 2. The summed E-state index contributed by atoms with van der Waals surface area (Å²) in [6.45, 7) is 1.01. The highest BCUT2D eigenvalue weighted by atomic mass is 32.3. The van der Waals surface area contributed by atoms with Crippen LogP contribution in [-0.4, -0.2) is 70.1 Å². The lowest BCUT2D eigenvalue weighted by molar-refractivity contribution is -0.385. The zero-order valence-electron chi connectivity index (χ0n) is 23.4. The molecule has 2 aromatic carbocycles.